The number of piperidine rings is 1. The van der Waals surface area contributed by atoms with Crippen LogP contribution in [-0.4, -0.2) is 37.4 Å². The summed E-state index contributed by atoms with van der Waals surface area (Å²) in [5.74, 6) is 0.579. The highest BCUT2D eigenvalue weighted by Crippen LogP contribution is 2.33. The number of anilines is 1. The van der Waals surface area contributed by atoms with Crippen LogP contribution in [0.2, 0.25) is 0 Å². The lowest BCUT2D eigenvalue weighted by molar-refractivity contribution is -0.141. The largest absolute Gasteiger partial charge is 0.433 e. The van der Waals surface area contributed by atoms with Crippen molar-refractivity contribution in [1.82, 2.24) is 24.3 Å². The van der Waals surface area contributed by atoms with E-state index in [2.05, 4.69) is 19.9 Å². The Morgan fingerprint density at radius 1 is 1.08 bits per heavy atom. The first-order valence-electron chi connectivity index (χ1n) is 7.95. The van der Waals surface area contributed by atoms with Crippen molar-refractivity contribution in [2.45, 2.75) is 24.9 Å². The Labute approximate surface area is 141 Å². The first-order valence-corrected chi connectivity index (χ1v) is 7.95. The minimum atomic E-state index is -4.50. The third-order valence-corrected chi connectivity index (χ3v) is 4.37. The molecule has 25 heavy (non-hydrogen) atoms. The van der Waals surface area contributed by atoms with Crippen LogP contribution in [-0.2, 0) is 6.18 Å². The van der Waals surface area contributed by atoms with E-state index in [1.165, 1.54) is 6.20 Å². The Hall–Kier alpha value is -2.71. The van der Waals surface area contributed by atoms with Gasteiger partial charge in [0.05, 0.1) is 0 Å². The number of imidazole rings is 1. The molecule has 0 aromatic carbocycles. The van der Waals surface area contributed by atoms with Crippen LogP contribution in [0, 0.1) is 0 Å². The van der Waals surface area contributed by atoms with Crippen molar-refractivity contribution >= 4 is 11.7 Å². The van der Waals surface area contributed by atoms with Crippen molar-refractivity contribution in [2.24, 2.45) is 0 Å². The molecule has 3 aromatic rings. The monoisotopic (exact) mass is 348 g/mol. The van der Waals surface area contributed by atoms with Crippen LogP contribution < -0.4 is 4.90 Å². The van der Waals surface area contributed by atoms with Crippen LogP contribution in [0.5, 0.6) is 0 Å². The summed E-state index contributed by atoms with van der Waals surface area (Å²) in [6.45, 7) is 1.34. The minimum Gasteiger partial charge on any atom is -0.340 e. The molecule has 0 radical (unpaired) electrons. The molecule has 130 valence electrons. The zero-order valence-corrected chi connectivity index (χ0v) is 13.2. The molecule has 0 N–H and O–H groups in total. The second kappa shape index (κ2) is 5.98. The van der Waals surface area contributed by atoms with Gasteiger partial charge < -0.3 is 4.90 Å². The number of hydrogen-bond donors (Lipinski definition) is 0. The van der Waals surface area contributed by atoms with Gasteiger partial charge in [-0.25, -0.2) is 19.9 Å². The molecule has 4 rings (SSSR count). The van der Waals surface area contributed by atoms with Crippen LogP contribution in [0.25, 0.3) is 5.78 Å². The zero-order chi connectivity index (χ0) is 17.4. The van der Waals surface area contributed by atoms with Gasteiger partial charge in [0.1, 0.15) is 5.69 Å². The second-order valence-electron chi connectivity index (χ2n) is 6.00. The Bertz CT molecular complexity index is 876. The van der Waals surface area contributed by atoms with Crippen molar-refractivity contribution < 1.29 is 13.2 Å². The molecule has 4 heterocycles. The topological polar surface area (TPSA) is 59.2 Å². The van der Waals surface area contributed by atoms with Crippen molar-refractivity contribution in [3.05, 3.63) is 48.3 Å². The molecule has 1 atom stereocenters. The zero-order valence-electron chi connectivity index (χ0n) is 13.2. The summed E-state index contributed by atoms with van der Waals surface area (Å²) >= 11 is 0. The molecule has 0 spiro atoms. The number of hydrogen-bond acceptors (Lipinski definition) is 5. The van der Waals surface area contributed by atoms with Crippen LogP contribution in [0.15, 0.2) is 36.9 Å². The van der Waals surface area contributed by atoms with Crippen molar-refractivity contribution in [3.8, 4) is 0 Å². The number of alkyl halides is 3. The van der Waals surface area contributed by atoms with Gasteiger partial charge in [0.25, 0.3) is 0 Å². The highest BCUT2D eigenvalue weighted by atomic mass is 19.4. The molecule has 9 heteroatoms. The summed E-state index contributed by atoms with van der Waals surface area (Å²) in [5.41, 5.74) is -0.343. The van der Waals surface area contributed by atoms with E-state index in [4.69, 9.17) is 0 Å². The summed E-state index contributed by atoms with van der Waals surface area (Å²) < 4.78 is 41.2. The molecule has 0 aliphatic carbocycles. The van der Waals surface area contributed by atoms with E-state index in [9.17, 15) is 13.2 Å². The Morgan fingerprint density at radius 2 is 1.88 bits per heavy atom. The van der Waals surface area contributed by atoms with Crippen molar-refractivity contribution in [1.29, 1.82) is 0 Å². The number of rotatable bonds is 2. The van der Waals surface area contributed by atoms with Crippen LogP contribution in [0.4, 0.5) is 19.1 Å². The lowest BCUT2D eigenvalue weighted by Crippen LogP contribution is -2.36. The van der Waals surface area contributed by atoms with Gasteiger partial charge in [0.2, 0.25) is 11.7 Å². The maximum atomic E-state index is 13.2. The smallest absolute Gasteiger partial charge is 0.340 e. The molecule has 0 bridgehead atoms. The normalized spacial score (nSPS) is 18.7. The Balaban J connectivity index is 1.72. The number of aromatic nitrogens is 5. The standard InChI is InChI=1S/C16H15F3N6/c17-16(18,19)13-9-12(25-8-6-22-15(25)23-13)11-3-1-7-24(10-11)14-20-4-2-5-21-14/h2,4-6,8-9,11H,1,3,7,10H2. The van der Waals surface area contributed by atoms with Crippen LogP contribution >= 0.6 is 0 Å². The van der Waals surface area contributed by atoms with Crippen molar-refractivity contribution in [3.63, 3.8) is 0 Å². The average Bonchev–Trinajstić information content (AvgIpc) is 3.10. The highest BCUT2D eigenvalue weighted by Gasteiger charge is 2.35. The molecular weight excluding hydrogens is 333 g/mol. The van der Waals surface area contributed by atoms with Gasteiger partial charge in [-0.2, -0.15) is 13.2 Å². The van der Waals surface area contributed by atoms with Gasteiger partial charge in [-0.3, -0.25) is 4.40 Å². The van der Waals surface area contributed by atoms with Crippen LogP contribution in [0.3, 0.4) is 0 Å². The van der Waals surface area contributed by atoms with Gasteiger partial charge >= 0.3 is 6.18 Å². The third-order valence-electron chi connectivity index (χ3n) is 4.37. The summed E-state index contributed by atoms with van der Waals surface area (Å²) in [7, 11) is 0. The molecule has 1 fully saturated rings. The maximum Gasteiger partial charge on any atom is 0.433 e. The van der Waals surface area contributed by atoms with Crippen LogP contribution in [0.1, 0.15) is 30.1 Å². The lowest BCUT2D eigenvalue weighted by Gasteiger charge is -2.33. The summed E-state index contributed by atoms with van der Waals surface area (Å²) in [6, 6.07) is 2.87. The van der Waals surface area contributed by atoms with Gasteiger partial charge in [-0.05, 0) is 25.0 Å². The second-order valence-corrected chi connectivity index (χ2v) is 6.00. The van der Waals surface area contributed by atoms with E-state index in [1.807, 2.05) is 4.90 Å². The molecule has 0 saturated carbocycles. The first-order chi connectivity index (χ1) is 12.0. The highest BCUT2D eigenvalue weighted by molar-refractivity contribution is 5.37. The summed E-state index contributed by atoms with van der Waals surface area (Å²) in [6.07, 6.45) is 3.57. The number of halogens is 3. The molecule has 3 aromatic heterocycles. The van der Waals surface area contributed by atoms with E-state index in [1.54, 1.807) is 29.1 Å². The van der Waals surface area contributed by atoms with E-state index in [-0.39, 0.29) is 11.7 Å². The van der Waals surface area contributed by atoms with Gasteiger partial charge in [-0.1, -0.05) is 0 Å². The maximum absolute atomic E-state index is 13.2. The molecule has 0 amide bonds. The fourth-order valence-corrected chi connectivity index (χ4v) is 3.24. The van der Waals surface area contributed by atoms with E-state index < -0.39 is 11.9 Å². The van der Waals surface area contributed by atoms with Crippen molar-refractivity contribution in [2.75, 3.05) is 18.0 Å². The van der Waals surface area contributed by atoms with Gasteiger partial charge in [-0.15, -0.1) is 0 Å². The molecule has 1 aliphatic heterocycles. The summed E-state index contributed by atoms with van der Waals surface area (Å²) in [4.78, 5) is 18.1. The van der Waals surface area contributed by atoms with E-state index in [0.29, 0.717) is 18.2 Å². The molecule has 1 aliphatic rings. The quantitative estimate of drug-likeness (QED) is 0.713. The number of nitrogens with zero attached hydrogens (tertiary/aromatic N) is 6. The third kappa shape index (κ3) is 3.01. The SMILES string of the molecule is FC(F)(F)c1cc(C2CCCN(c3ncccn3)C2)n2ccnc2n1. The summed E-state index contributed by atoms with van der Waals surface area (Å²) in [5, 5.41) is 0. The minimum absolute atomic E-state index is 0.0675. The Kier molecular flexibility index (Phi) is 3.78. The first kappa shape index (κ1) is 15.8. The fourth-order valence-electron chi connectivity index (χ4n) is 3.24. The van der Waals surface area contributed by atoms with E-state index in [0.717, 1.165) is 25.5 Å². The van der Waals surface area contributed by atoms with E-state index >= 15 is 0 Å². The molecular formula is C16H15F3N6. The molecule has 1 saturated heterocycles. The van der Waals surface area contributed by atoms with Gasteiger partial charge in [0, 0.05) is 49.5 Å². The van der Waals surface area contributed by atoms with Gasteiger partial charge in [0.15, 0.2) is 0 Å². The predicted octanol–water partition coefficient (Wildman–Crippen LogP) is 2.92. The lowest BCUT2D eigenvalue weighted by atomic mass is 9.94. The molecule has 6 nitrogen and oxygen atoms in total. The molecule has 1 unspecified atom stereocenters. The number of fused-ring (bicyclic) bond motifs is 1. The Morgan fingerprint density at radius 3 is 2.64 bits per heavy atom. The average molecular weight is 348 g/mol. The predicted molar refractivity (Wildman–Crippen MR) is 84.2 cm³/mol. The fraction of sp³-hybridized carbons (Fsp3) is 0.375.